The average molecular weight is 549 g/mol. The number of aryl methyl sites for hydroxylation is 2. The molecule has 2 N–H and O–H groups in total. The number of halogens is 2. The first kappa shape index (κ1) is 21.9. The zero-order valence-corrected chi connectivity index (χ0v) is 19.7. The van der Waals surface area contributed by atoms with Gasteiger partial charge in [0.15, 0.2) is 5.96 Å². The van der Waals surface area contributed by atoms with Crippen LogP contribution in [0.3, 0.4) is 0 Å². The molecule has 2 aromatic rings. The molecule has 3 rings (SSSR count). The van der Waals surface area contributed by atoms with Crippen molar-refractivity contribution < 1.29 is 4.74 Å². The van der Waals surface area contributed by atoms with Gasteiger partial charge in [0, 0.05) is 29.0 Å². The third-order valence-corrected chi connectivity index (χ3v) is 4.79. The second kappa shape index (κ2) is 10.3. The van der Waals surface area contributed by atoms with Gasteiger partial charge in [0.1, 0.15) is 17.4 Å². The predicted octanol–water partition coefficient (Wildman–Crippen LogP) is 3.05. The van der Waals surface area contributed by atoms with Crippen LogP contribution in [0.1, 0.15) is 30.6 Å². The lowest BCUT2D eigenvalue weighted by Crippen LogP contribution is -2.47. The summed E-state index contributed by atoms with van der Waals surface area (Å²) < 4.78 is 8.45. The summed E-state index contributed by atoms with van der Waals surface area (Å²) in [7, 11) is 1.68. The van der Waals surface area contributed by atoms with Crippen molar-refractivity contribution >= 4 is 45.9 Å². The number of aromatic nitrogens is 3. The van der Waals surface area contributed by atoms with Crippen molar-refractivity contribution in [1.29, 1.82) is 0 Å². The van der Waals surface area contributed by atoms with Gasteiger partial charge in [-0.1, -0.05) is 15.9 Å². The van der Waals surface area contributed by atoms with Gasteiger partial charge in [-0.25, -0.2) is 14.7 Å². The largest absolute Gasteiger partial charge is 0.496 e. The summed E-state index contributed by atoms with van der Waals surface area (Å²) in [5.41, 5.74) is 1.04. The lowest BCUT2D eigenvalue weighted by molar-refractivity contribution is 0.392. The second-order valence-electron chi connectivity index (χ2n) is 6.29. The minimum absolute atomic E-state index is 0. The smallest absolute Gasteiger partial charge is 0.191 e. The molecule has 0 bridgehead atoms. The zero-order chi connectivity index (χ0) is 18.5. The molecule has 1 aliphatic rings. The molecule has 27 heavy (non-hydrogen) atoms. The highest BCUT2D eigenvalue weighted by Crippen LogP contribution is 2.23. The van der Waals surface area contributed by atoms with E-state index in [9.17, 15) is 0 Å². The Bertz CT molecular complexity index is 794. The van der Waals surface area contributed by atoms with E-state index in [0.717, 1.165) is 59.3 Å². The van der Waals surface area contributed by atoms with Crippen LogP contribution in [0.5, 0.6) is 5.75 Å². The first-order valence-electron chi connectivity index (χ1n) is 8.86. The summed E-state index contributed by atoms with van der Waals surface area (Å²) in [6, 6.07) is 6.24. The molecule has 1 aromatic heterocycles. The summed E-state index contributed by atoms with van der Waals surface area (Å²) in [4.78, 5) is 9.20. The highest BCUT2D eigenvalue weighted by molar-refractivity contribution is 14.0. The average Bonchev–Trinajstić information content (AvgIpc) is 2.99. The Morgan fingerprint density at radius 1 is 1.44 bits per heavy atom. The van der Waals surface area contributed by atoms with Gasteiger partial charge in [-0.15, -0.1) is 24.0 Å². The Kier molecular flexibility index (Phi) is 8.33. The molecule has 0 fully saturated rings. The van der Waals surface area contributed by atoms with Gasteiger partial charge in [0.05, 0.1) is 20.2 Å². The molecule has 0 amide bonds. The van der Waals surface area contributed by atoms with E-state index < -0.39 is 0 Å². The van der Waals surface area contributed by atoms with Crippen LogP contribution in [0.2, 0.25) is 0 Å². The Morgan fingerprint density at radius 3 is 3.00 bits per heavy atom. The van der Waals surface area contributed by atoms with E-state index in [1.54, 1.807) is 7.11 Å². The van der Waals surface area contributed by atoms with E-state index in [0.29, 0.717) is 6.54 Å². The van der Waals surface area contributed by atoms with E-state index in [4.69, 9.17) is 9.73 Å². The summed E-state index contributed by atoms with van der Waals surface area (Å²) >= 11 is 3.51. The van der Waals surface area contributed by atoms with Crippen molar-refractivity contribution in [2.24, 2.45) is 4.99 Å². The highest BCUT2D eigenvalue weighted by Gasteiger charge is 2.21. The quantitative estimate of drug-likeness (QED) is 0.341. The molecule has 1 atom stereocenters. The number of rotatable bonds is 5. The first-order chi connectivity index (χ1) is 12.6. The number of hydrogen-bond donors (Lipinski definition) is 2. The van der Waals surface area contributed by atoms with Crippen molar-refractivity contribution in [2.75, 3.05) is 13.7 Å². The van der Waals surface area contributed by atoms with E-state index in [1.165, 1.54) is 0 Å². The summed E-state index contributed by atoms with van der Waals surface area (Å²) in [5.74, 6) is 3.55. The third-order valence-electron chi connectivity index (χ3n) is 4.30. The topological polar surface area (TPSA) is 76.4 Å². The number of fused-ring (bicyclic) bond motifs is 1. The molecule has 0 saturated carbocycles. The molecule has 0 aliphatic carbocycles. The lowest BCUT2D eigenvalue weighted by Gasteiger charge is -2.25. The molecule has 0 radical (unpaired) electrons. The van der Waals surface area contributed by atoms with Crippen LogP contribution in [-0.2, 0) is 19.5 Å². The standard InChI is InChI=1S/C18H25BrN6O.HI/c1-4-20-18(21-10-13-9-14(19)5-7-16(13)26-3)23-15-6-8-17-22-12(2)24-25(17)11-15;/h5,7,9,15H,4,6,8,10-11H2,1-3H3,(H2,20,21,23);1H. The van der Waals surface area contributed by atoms with Gasteiger partial charge in [-0.2, -0.15) is 5.10 Å². The van der Waals surface area contributed by atoms with Gasteiger partial charge in [-0.05, 0) is 38.5 Å². The Morgan fingerprint density at radius 2 is 2.26 bits per heavy atom. The van der Waals surface area contributed by atoms with E-state index in [1.807, 2.05) is 29.8 Å². The molecular weight excluding hydrogens is 523 g/mol. The highest BCUT2D eigenvalue weighted by atomic mass is 127. The van der Waals surface area contributed by atoms with Gasteiger partial charge in [0.25, 0.3) is 0 Å². The molecule has 148 valence electrons. The van der Waals surface area contributed by atoms with Crippen LogP contribution in [0.4, 0.5) is 0 Å². The molecule has 0 spiro atoms. The maximum Gasteiger partial charge on any atom is 0.191 e. The fourth-order valence-corrected chi connectivity index (χ4v) is 3.51. The molecule has 9 heteroatoms. The third kappa shape index (κ3) is 5.81. The number of hydrogen-bond acceptors (Lipinski definition) is 4. The van der Waals surface area contributed by atoms with Crippen molar-refractivity contribution in [3.05, 3.63) is 39.9 Å². The maximum atomic E-state index is 5.43. The Hall–Kier alpha value is -1.36. The number of methoxy groups -OCH3 is 1. The second-order valence-corrected chi connectivity index (χ2v) is 7.20. The summed E-state index contributed by atoms with van der Waals surface area (Å²) in [6.07, 6.45) is 1.94. The van der Waals surface area contributed by atoms with Crippen molar-refractivity contribution in [3.8, 4) is 5.75 Å². The van der Waals surface area contributed by atoms with Gasteiger partial charge in [-0.3, -0.25) is 0 Å². The molecule has 1 aromatic carbocycles. The molecule has 1 aliphatic heterocycles. The summed E-state index contributed by atoms with van der Waals surface area (Å²) in [5, 5.41) is 11.3. The maximum absolute atomic E-state index is 5.43. The normalized spacial score (nSPS) is 16.3. The number of aliphatic imine (C=N–C) groups is 1. The molecule has 2 heterocycles. The van der Waals surface area contributed by atoms with Crippen LogP contribution in [0.15, 0.2) is 27.7 Å². The fraction of sp³-hybridized carbons (Fsp3) is 0.500. The monoisotopic (exact) mass is 548 g/mol. The van der Waals surface area contributed by atoms with Crippen LogP contribution in [0, 0.1) is 6.92 Å². The number of guanidine groups is 1. The molecule has 0 saturated heterocycles. The van der Waals surface area contributed by atoms with Crippen LogP contribution < -0.4 is 15.4 Å². The first-order valence-corrected chi connectivity index (χ1v) is 9.66. The van der Waals surface area contributed by atoms with Crippen LogP contribution in [-0.4, -0.2) is 40.4 Å². The Balaban J connectivity index is 0.00000261. The van der Waals surface area contributed by atoms with Gasteiger partial charge < -0.3 is 15.4 Å². The van der Waals surface area contributed by atoms with Crippen molar-refractivity contribution in [2.45, 2.75) is 45.8 Å². The predicted molar refractivity (Wildman–Crippen MR) is 121 cm³/mol. The molecule has 7 nitrogen and oxygen atoms in total. The molecular formula is C18H26BrIN6O. The fourth-order valence-electron chi connectivity index (χ4n) is 3.10. The number of nitrogens with one attached hydrogen (secondary N) is 2. The van der Waals surface area contributed by atoms with E-state index in [-0.39, 0.29) is 30.0 Å². The SMILES string of the molecule is CCNC(=NCc1cc(Br)ccc1OC)NC1CCc2nc(C)nn2C1.I. The van der Waals surface area contributed by atoms with Gasteiger partial charge in [0.2, 0.25) is 0 Å². The number of benzene rings is 1. The number of nitrogens with zero attached hydrogens (tertiary/aromatic N) is 4. The van der Waals surface area contributed by atoms with Crippen LogP contribution in [0.25, 0.3) is 0 Å². The summed E-state index contributed by atoms with van der Waals surface area (Å²) in [6.45, 7) is 6.16. The Labute approximate surface area is 185 Å². The lowest BCUT2D eigenvalue weighted by atomic mass is 10.1. The minimum Gasteiger partial charge on any atom is -0.496 e. The minimum atomic E-state index is 0. The van der Waals surface area contributed by atoms with E-state index in [2.05, 4.69) is 43.6 Å². The van der Waals surface area contributed by atoms with Crippen molar-refractivity contribution in [1.82, 2.24) is 25.4 Å². The van der Waals surface area contributed by atoms with Gasteiger partial charge >= 0.3 is 0 Å². The van der Waals surface area contributed by atoms with Crippen LogP contribution >= 0.6 is 39.9 Å². The van der Waals surface area contributed by atoms with Crippen molar-refractivity contribution in [3.63, 3.8) is 0 Å². The van der Waals surface area contributed by atoms with E-state index >= 15 is 0 Å². The number of ether oxygens (including phenoxy) is 1. The molecule has 1 unspecified atom stereocenters. The zero-order valence-electron chi connectivity index (χ0n) is 15.8.